The van der Waals surface area contributed by atoms with Gasteiger partial charge in [0.2, 0.25) is 11.8 Å². The number of alkyl halides is 4. The molecule has 294 valence electrons. The summed E-state index contributed by atoms with van der Waals surface area (Å²) >= 11 is 6.44. The standard InChI is InChI=1S/C39H39ClF4N8O4/c1-49-35-25(4-2-6-31(35)52(38(49)56)32-12-13-34(53)47-37(32)55)24-14-15-50(20-27(24)41)18-21-8-10-23(11-9-21)51-19-22-16-30(26(40)17-29(22)48-51)46-36(54)28-5-3-7-33(45-28)39(42,43)44/h2-7,16-17,19,21,23-24,27,32H,8-15,18,20H2,1H3,(H,46,54)(H,47,53,55). The first-order chi connectivity index (χ1) is 26.7. The monoisotopic (exact) mass is 794 g/mol. The molecule has 3 amide bonds. The molecule has 3 atom stereocenters. The fourth-order valence-electron chi connectivity index (χ4n) is 8.69. The number of anilines is 1. The van der Waals surface area contributed by atoms with E-state index in [0.29, 0.717) is 40.8 Å². The number of carbonyl (C=O) groups is 3. The Labute approximate surface area is 322 Å². The van der Waals surface area contributed by atoms with Crippen LogP contribution in [0.2, 0.25) is 5.02 Å². The quantitative estimate of drug-likeness (QED) is 0.141. The van der Waals surface area contributed by atoms with Gasteiger partial charge in [-0.15, -0.1) is 0 Å². The number of para-hydroxylation sites is 1. The van der Waals surface area contributed by atoms with Crippen LogP contribution in [-0.4, -0.2) is 72.3 Å². The van der Waals surface area contributed by atoms with Crippen LogP contribution in [0.25, 0.3) is 21.9 Å². The maximum Gasteiger partial charge on any atom is 0.433 e. The Balaban J connectivity index is 0.884. The van der Waals surface area contributed by atoms with Crippen LogP contribution in [0.15, 0.2) is 59.5 Å². The molecule has 3 unspecified atom stereocenters. The molecule has 2 N–H and O–H groups in total. The molecule has 5 heterocycles. The molecule has 56 heavy (non-hydrogen) atoms. The maximum atomic E-state index is 16.1. The van der Waals surface area contributed by atoms with Crippen molar-refractivity contribution >= 4 is 56.9 Å². The van der Waals surface area contributed by atoms with E-state index in [1.165, 1.54) is 15.2 Å². The van der Waals surface area contributed by atoms with Gasteiger partial charge in [-0.05, 0) is 86.9 Å². The molecular weight excluding hydrogens is 756 g/mol. The molecule has 5 aromatic rings. The summed E-state index contributed by atoms with van der Waals surface area (Å²) in [6.07, 6.45) is 0.579. The Morgan fingerprint density at radius 3 is 2.52 bits per heavy atom. The third-order valence-electron chi connectivity index (χ3n) is 11.5. The Morgan fingerprint density at radius 2 is 1.79 bits per heavy atom. The Morgan fingerprint density at radius 1 is 1.02 bits per heavy atom. The SMILES string of the molecule is Cn1c(=O)n(C2CCC(=O)NC2=O)c2cccc(C3CCN(CC4CCC(n5cc6cc(NC(=O)c7cccc(C(F)(F)F)n7)c(Cl)cc6n5)CC4)CC3F)c21. The lowest BCUT2D eigenvalue weighted by Gasteiger charge is -2.38. The number of rotatable bonds is 7. The normalized spacial score (nSPS) is 23.8. The zero-order valence-corrected chi connectivity index (χ0v) is 31.1. The number of aromatic nitrogens is 5. The van der Waals surface area contributed by atoms with Gasteiger partial charge in [-0.2, -0.15) is 18.3 Å². The highest BCUT2D eigenvalue weighted by Gasteiger charge is 2.37. The minimum absolute atomic E-state index is 0.129. The molecule has 2 aromatic carbocycles. The zero-order chi connectivity index (χ0) is 39.5. The number of imide groups is 1. The predicted octanol–water partition coefficient (Wildman–Crippen LogP) is 6.55. The molecule has 3 aromatic heterocycles. The number of amides is 3. The molecule has 3 fully saturated rings. The van der Waals surface area contributed by atoms with Gasteiger partial charge in [-0.25, -0.2) is 14.2 Å². The Kier molecular flexibility index (Phi) is 9.97. The van der Waals surface area contributed by atoms with E-state index in [1.807, 2.05) is 16.9 Å². The molecule has 2 saturated heterocycles. The molecule has 12 nitrogen and oxygen atoms in total. The summed E-state index contributed by atoms with van der Waals surface area (Å²) in [5.74, 6) is -1.72. The zero-order valence-electron chi connectivity index (χ0n) is 30.4. The number of nitrogens with one attached hydrogen (secondary N) is 2. The first-order valence-corrected chi connectivity index (χ1v) is 19.1. The first-order valence-electron chi connectivity index (χ1n) is 18.7. The summed E-state index contributed by atoms with van der Waals surface area (Å²) in [5, 5.41) is 10.5. The average Bonchev–Trinajstić information content (AvgIpc) is 3.69. The lowest BCUT2D eigenvalue weighted by Crippen LogP contribution is -2.44. The number of hydrogen-bond donors (Lipinski definition) is 2. The molecule has 1 aliphatic carbocycles. The number of hydrogen-bond acceptors (Lipinski definition) is 7. The number of halogens is 5. The van der Waals surface area contributed by atoms with E-state index in [4.69, 9.17) is 16.7 Å². The largest absolute Gasteiger partial charge is 0.433 e. The van der Waals surface area contributed by atoms with Gasteiger partial charge < -0.3 is 10.2 Å². The van der Waals surface area contributed by atoms with Crippen molar-refractivity contribution in [3.8, 4) is 0 Å². The van der Waals surface area contributed by atoms with Crippen LogP contribution >= 0.6 is 11.6 Å². The van der Waals surface area contributed by atoms with Crippen molar-refractivity contribution < 1.29 is 31.9 Å². The van der Waals surface area contributed by atoms with Crippen molar-refractivity contribution in [2.75, 3.05) is 25.0 Å². The lowest BCUT2D eigenvalue weighted by atomic mass is 9.83. The topological polar surface area (TPSA) is 136 Å². The van der Waals surface area contributed by atoms with Crippen LogP contribution in [0.4, 0.5) is 23.2 Å². The van der Waals surface area contributed by atoms with Gasteiger partial charge in [0.15, 0.2) is 0 Å². The van der Waals surface area contributed by atoms with Crippen LogP contribution in [-0.2, 0) is 22.8 Å². The fraction of sp³-hybridized carbons (Fsp3) is 0.436. The number of benzene rings is 2. The number of pyridine rings is 1. The summed E-state index contributed by atoms with van der Waals surface area (Å²) in [7, 11) is 1.64. The number of nitrogens with zero attached hydrogens (tertiary/aromatic N) is 6. The van der Waals surface area contributed by atoms with Crippen LogP contribution in [0.5, 0.6) is 0 Å². The summed E-state index contributed by atoms with van der Waals surface area (Å²) in [6.45, 7) is 1.75. The Hall–Kier alpha value is -5.09. The highest BCUT2D eigenvalue weighted by Crippen LogP contribution is 2.39. The molecule has 8 rings (SSSR count). The van der Waals surface area contributed by atoms with Gasteiger partial charge >= 0.3 is 11.9 Å². The summed E-state index contributed by atoms with van der Waals surface area (Å²) in [5.41, 5.74) is 0.837. The second-order valence-corrected chi connectivity index (χ2v) is 15.5. The van der Waals surface area contributed by atoms with Crippen LogP contribution in [0, 0.1) is 5.92 Å². The molecular formula is C39H39ClF4N8O4. The number of piperidine rings is 2. The molecule has 17 heteroatoms. The number of imidazole rings is 1. The molecule has 3 aliphatic rings. The van der Waals surface area contributed by atoms with E-state index in [9.17, 15) is 32.3 Å². The summed E-state index contributed by atoms with van der Waals surface area (Å²) < 4.78 is 60.3. The average molecular weight is 795 g/mol. The van der Waals surface area contributed by atoms with Gasteiger partial charge in [0.25, 0.3) is 5.91 Å². The van der Waals surface area contributed by atoms with E-state index in [2.05, 4.69) is 20.5 Å². The van der Waals surface area contributed by atoms with Crippen molar-refractivity contribution in [1.29, 1.82) is 0 Å². The van der Waals surface area contributed by atoms with E-state index in [-0.39, 0.29) is 53.4 Å². The van der Waals surface area contributed by atoms with Crippen molar-refractivity contribution in [2.45, 2.75) is 75.3 Å². The third-order valence-corrected chi connectivity index (χ3v) is 11.8. The van der Waals surface area contributed by atoms with Crippen molar-refractivity contribution in [3.05, 3.63) is 87.2 Å². The smallest absolute Gasteiger partial charge is 0.319 e. The maximum absolute atomic E-state index is 16.1. The highest BCUT2D eigenvalue weighted by molar-refractivity contribution is 6.34. The fourth-order valence-corrected chi connectivity index (χ4v) is 8.90. The van der Waals surface area contributed by atoms with Crippen molar-refractivity contribution in [3.63, 3.8) is 0 Å². The first kappa shape index (κ1) is 37.8. The van der Waals surface area contributed by atoms with Gasteiger partial charge in [0.05, 0.1) is 33.3 Å². The second-order valence-electron chi connectivity index (χ2n) is 15.1. The molecule has 0 radical (unpaired) electrons. The van der Waals surface area contributed by atoms with E-state index < -0.39 is 41.8 Å². The van der Waals surface area contributed by atoms with Crippen LogP contribution in [0.1, 0.15) is 84.7 Å². The van der Waals surface area contributed by atoms with Gasteiger partial charge in [0.1, 0.15) is 23.6 Å². The molecule has 0 spiro atoms. The molecule has 0 bridgehead atoms. The highest BCUT2D eigenvalue weighted by atomic mass is 35.5. The summed E-state index contributed by atoms with van der Waals surface area (Å²) in [6, 6.07) is 11.1. The second kappa shape index (κ2) is 14.8. The van der Waals surface area contributed by atoms with E-state index >= 15 is 4.39 Å². The van der Waals surface area contributed by atoms with E-state index in [0.717, 1.165) is 49.9 Å². The number of fused-ring (bicyclic) bond motifs is 2. The molecule has 2 aliphatic heterocycles. The number of likely N-dealkylation sites (tertiary alicyclic amines) is 1. The summed E-state index contributed by atoms with van der Waals surface area (Å²) in [4.78, 5) is 56.2. The third kappa shape index (κ3) is 7.20. The van der Waals surface area contributed by atoms with Crippen molar-refractivity contribution in [1.82, 2.24) is 34.1 Å². The minimum atomic E-state index is -4.69. The predicted molar refractivity (Wildman–Crippen MR) is 200 cm³/mol. The van der Waals surface area contributed by atoms with Gasteiger partial charge in [0, 0.05) is 44.1 Å². The van der Waals surface area contributed by atoms with Gasteiger partial charge in [-0.3, -0.25) is 33.5 Å². The molecule has 1 saturated carbocycles. The van der Waals surface area contributed by atoms with Crippen LogP contribution < -0.4 is 16.3 Å². The van der Waals surface area contributed by atoms with Gasteiger partial charge in [-0.1, -0.05) is 29.8 Å². The van der Waals surface area contributed by atoms with Crippen molar-refractivity contribution in [2.24, 2.45) is 13.0 Å². The minimum Gasteiger partial charge on any atom is -0.319 e. The number of aryl methyl sites for hydroxylation is 1. The Bertz CT molecular complexity index is 2420. The lowest BCUT2D eigenvalue weighted by molar-refractivity contribution is -0.141. The number of carbonyl (C=O) groups excluding carboxylic acids is 3. The van der Waals surface area contributed by atoms with E-state index in [1.54, 1.807) is 31.3 Å². The van der Waals surface area contributed by atoms with Crippen LogP contribution in [0.3, 0.4) is 0 Å².